The molecule has 1 spiro atoms. The van der Waals surface area contributed by atoms with Gasteiger partial charge in [-0.3, -0.25) is 14.5 Å². The summed E-state index contributed by atoms with van der Waals surface area (Å²) in [5.74, 6) is -0.997. The maximum Gasteiger partial charge on any atom is 0.501 e. The van der Waals surface area contributed by atoms with Gasteiger partial charge in [-0.05, 0) is 42.7 Å². The Kier molecular flexibility index (Phi) is 5.00. The fourth-order valence-corrected chi connectivity index (χ4v) is 4.71. The highest BCUT2D eigenvalue weighted by Gasteiger charge is 2.70. The van der Waals surface area contributed by atoms with Crippen LogP contribution in [0.3, 0.4) is 0 Å². The number of benzene rings is 1. The van der Waals surface area contributed by atoms with Crippen molar-refractivity contribution in [3.05, 3.63) is 42.6 Å². The standard InChI is InChI=1S/C20H17F3N4O5S/c1-11-10-19(11)17(29)26(13-3-5-15(6-4-13)33(31,32)20(21,22)23)18(30)27(19)14-7-8-24-16(9-14)25-12(2)28/h3-9,11H,10H2,1-2H3,(H,24,25,28). The third-order valence-corrected chi connectivity index (χ3v) is 7.15. The van der Waals surface area contributed by atoms with E-state index in [-0.39, 0.29) is 23.3 Å². The Labute approximate surface area is 186 Å². The van der Waals surface area contributed by atoms with Crippen LogP contribution in [-0.2, 0) is 19.4 Å². The number of carbonyl (C=O) groups excluding carboxylic acids is 3. The van der Waals surface area contributed by atoms with Crippen molar-refractivity contribution in [1.29, 1.82) is 0 Å². The number of hydrogen-bond donors (Lipinski definition) is 1. The number of anilines is 3. The van der Waals surface area contributed by atoms with Gasteiger partial charge >= 0.3 is 11.5 Å². The van der Waals surface area contributed by atoms with Crippen LogP contribution in [0.5, 0.6) is 0 Å². The van der Waals surface area contributed by atoms with Crippen molar-refractivity contribution in [3.8, 4) is 0 Å². The predicted molar refractivity (Wildman–Crippen MR) is 110 cm³/mol. The van der Waals surface area contributed by atoms with Crippen LogP contribution in [0.4, 0.5) is 35.2 Å². The number of urea groups is 1. The summed E-state index contributed by atoms with van der Waals surface area (Å²) in [5.41, 5.74) is -6.44. The van der Waals surface area contributed by atoms with Gasteiger partial charge in [0.1, 0.15) is 11.4 Å². The zero-order valence-electron chi connectivity index (χ0n) is 17.3. The molecule has 2 fully saturated rings. The first kappa shape index (κ1) is 22.7. The highest BCUT2D eigenvalue weighted by molar-refractivity contribution is 7.92. The quantitative estimate of drug-likeness (QED) is 0.670. The Morgan fingerprint density at radius 2 is 1.76 bits per heavy atom. The SMILES string of the molecule is CC(=O)Nc1cc(N2C(=O)N(c3ccc(S(=O)(=O)C(F)(F)F)cc3)C(=O)C23CC3C)ccn1. The third kappa shape index (κ3) is 3.43. The average molecular weight is 482 g/mol. The van der Waals surface area contributed by atoms with Crippen molar-refractivity contribution < 1.29 is 36.0 Å². The topological polar surface area (TPSA) is 117 Å². The van der Waals surface area contributed by atoms with Gasteiger partial charge < -0.3 is 5.32 Å². The molecule has 1 aromatic carbocycles. The van der Waals surface area contributed by atoms with Crippen LogP contribution >= 0.6 is 0 Å². The molecule has 1 saturated heterocycles. The van der Waals surface area contributed by atoms with Gasteiger partial charge in [0.15, 0.2) is 0 Å². The molecule has 33 heavy (non-hydrogen) atoms. The largest absolute Gasteiger partial charge is 0.501 e. The molecule has 4 rings (SSSR count). The van der Waals surface area contributed by atoms with Gasteiger partial charge in [-0.15, -0.1) is 0 Å². The second-order valence-electron chi connectivity index (χ2n) is 7.81. The molecule has 1 aliphatic carbocycles. The van der Waals surface area contributed by atoms with Crippen molar-refractivity contribution in [3.63, 3.8) is 0 Å². The molecule has 174 valence electrons. The first-order chi connectivity index (χ1) is 15.3. The van der Waals surface area contributed by atoms with Crippen molar-refractivity contribution in [2.45, 2.75) is 36.2 Å². The predicted octanol–water partition coefficient (Wildman–Crippen LogP) is 3.09. The van der Waals surface area contributed by atoms with Gasteiger partial charge in [0.25, 0.3) is 15.7 Å². The summed E-state index contributed by atoms with van der Waals surface area (Å²) in [6, 6.07) is 5.53. The van der Waals surface area contributed by atoms with Gasteiger partial charge in [0.05, 0.1) is 16.3 Å². The van der Waals surface area contributed by atoms with E-state index in [0.29, 0.717) is 24.2 Å². The molecule has 2 unspecified atom stereocenters. The summed E-state index contributed by atoms with van der Waals surface area (Å²) in [4.78, 5) is 43.0. The van der Waals surface area contributed by atoms with Crippen LogP contribution in [0.1, 0.15) is 20.3 Å². The lowest BCUT2D eigenvalue weighted by Crippen LogP contribution is -2.39. The first-order valence-electron chi connectivity index (χ1n) is 9.64. The van der Waals surface area contributed by atoms with Crippen LogP contribution in [0.2, 0.25) is 0 Å². The summed E-state index contributed by atoms with van der Waals surface area (Å²) in [5, 5.41) is 2.49. The number of aromatic nitrogens is 1. The normalized spacial score (nSPS) is 22.8. The van der Waals surface area contributed by atoms with E-state index in [9.17, 15) is 36.0 Å². The van der Waals surface area contributed by atoms with E-state index >= 15 is 0 Å². The maximum absolute atomic E-state index is 13.3. The van der Waals surface area contributed by atoms with E-state index in [1.54, 1.807) is 6.92 Å². The average Bonchev–Trinajstić information content (AvgIpc) is 3.32. The highest BCUT2D eigenvalue weighted by Crippen LogP contribution is 2.55. The highest BCUT2D eigenvalue weighted by atomic mass is 32.2. The number of alkyl halides is 3. The third-order valence-electron chi connectivity index (χ3n) is 5.64. The summed E-state index contributed by atoms with van der Waals surface area (Å²) < 4.78 is 61.6. The number of nitrogens with one attached hydrogen (secondary N) is 1. The summed E-state index contributed by atoms with van der Waals surface area (Å²) in [6.07, 6.45) is 1.71. The molecular formula is C20H17F3N4O5S. The number of carbonyl (C=O) groups is 3. The van der Waals surface area contributed by atoms with Gasteiger partial charge in [-0.2, -0.15) is 13.2 Å². The number of imide groups is 1. The minimum Gasteiger partial charge on any atom is -0.311 e. The van der Waals surface area contributed by atoms with Crippen LogP contribution < -0.4 is 15.1 Å². The molecule has 9 nitrogen and oxygen atoms in total. The van der Waals surface area contributed by atoms with E-state index in [1.165, 1.54) is 30.2 Å². The molecule has 4 amide bonds. The second kappa shape index (κ2) is 7.27. The number of rotatable bonds is 4. The molecule has 1 aromatic heterocycles. The molecule has 2 heterocycles. The second-order valence-corrected chi connectivity index (χ2v) is 9.75. The molecule has 1 saturated carbocycles. The van der Waals surface area contributed by atoms with Gasteiger partial charge in [-0.1, -0.05) is 6.92 Å². The van der Waals surface area contributed by atoms with E-state index in [1.807, 2.05) is 0 Å². The molecule has 2 aliphatic rings. The van der Waals surface area contributed by atoms with Crippen molar-refractivity contribution in [2.24, 2.45) is 5.92 Å². The molecule has 2 atom stereocenters. The molecule has 0 radical (unpaired) electrons. The Morgan fingerprint density at radius 3 is 2.27 bits per heavy atom. The number of sulfone groups is 1. The van der Waals surface area contributed by atoms with E-state index in [2.05, 4.69) is 10.3 Å². The molecule has 0 bridgehead atoms. The Balaban J connectivity index is 1.72. The lowest BCUT2D eigenvalue weighted by atomic mass is 10.1. The van der Waals surface area contributed by atoms with Crippen molar-refractivity contribution >= 4 is 44.9 Å². The summed E-state index contributed by atoms with van der Waals surface area (Å²) in [7, 11) is -5.57. The Morgan fingerprint density at radius 1 is 1.15 bits per heavy atom. The molecule has 1 aliphatic heterocycles. The van der Waals surface area contributed by atoms with E-state index in [4.69, 9.17) is 0 Å². The maximum atomic E-state index is 13.3. The lowest BCUT2D eigenvalue weighted by Gasteiger charge is -2.22. The van der Waals surface area contributed by atoms with E-state index in [0.717, 1.165) is 17.0 Å². The van der Waals surface area contributed by atoms with Crippen molar-refractivity contribution in [1.82, 2.24) is 4.98 Å². The molecule has 1 N–H and O–H groups in total. The fourth-order valence-electron chi connectivity index (χ4n) is 3.95. The Bertz CT molecular complexity index is 1280. The number of halogens is 3. The van der Waals surface area contributed by atoms with Crippen molar-refractivity contribution in [2.75, 3.05) is 15.1 Å². The molecule has 13 heteroatoms. The van der Waals surface area contributed by atoms with E-state index < -0.39 is 37.7 Å². The number of pyridine rings is 1. The number of amides is 4. The van der Waals surface area contributed by atoms with Gasteiger partial charge in [0.2, 0.25) is 5.91 Å². The van der Waals surface area contributed by atoms with Crippen LogP contribution in [-0.4, -0.2) is 42.3 Å². The monoisotopic (exact) mass is 482 g/mol. The van der Waals surface area contributed by atoms with Crippen LogP contribution in [0.25, 0.3) is 0 Å². The first-order valence-corrected chi connectivity index (χ1v) is 11.1. The Hall–Kier alpha value is -3.48. The zero-order valence-corrected chi connectivity index (χ0v) is 18.1. The fraction of sp³-hybridized carbons (Fsp3) is 0.300. The molecule has 2 aromatic rings. The number of nitrogens with zero attached hydrogens (tertiary/aromatic N) is 3. The zero-order chi connectivity index (χ0) is 24.3. The van der Waals surface area contributed by atoms with Gasteiger partial charge in [-0.25, -0.2) is 23.1 Å². The minimum absolute atomic E-state index is 0.0664. The summed E-state index contributed by atoms with van der Waals surface area (Å²) >= 11 is 0. The lowest BCUT2D eigenvalue weighted by molar-refractivity contribution is -0.119. The summed E-state index contributed by atoms with van der Waals surface area (Å²) in [6.45, 7) is 3.06. The number of hydrogen-bond acceptors (Lipinski definition) is 6. The van der Waals surface area contributed by atoms with Crippen LogP contribution in [0, 0.1) is 5.92 Å². The van der Waals surface area contributed by atoms with Gasteiger partial charge in [0, 0.05) is 19.2 Å². The minimum atomic E-state index is -5.57. The van der Waals surface area contributed by atoms with Crippen LogP contribution in [0.15, 0.2) is 47.5 Å². The smallest absolute Gasteiger partial charge is 0.311 e. The molecular weight excluding hydrogens is 465 g/mol.